The Kier molecular flexibility index (Phi) is 19.3. The maximum atomic E-state index is 14.8. The largest absolute Gasteiger partial charge is 0.456 e. The van der Waals surface area contributed by atoms with Crippen LogP contribution in [0.1, 0.15) is 133 Å². The molecular formula is C49H82ClNO11Si. The Hall–Kier alpha value is -1.97. The molecule has 1 saturated carbocycles. The molecular weight excluding hydrogens is 842 g/mol. The average molecular weight is 925 g/mol. The number of hydrogen-bond donors (Lipinski definition) is 1. The number of cyclic esters (lactones) is 1. The van der Waals surface area contributed by atoms with E-state index in [9.17, 15) is 24.3 Å². The topological polar surface area (TPSA) is 147 Å². The van der Waals surface area contributed by atoms with E-state index in [0.29, 0.717) is 38.5 Å². The first-order valence-corrected chi connectivity index (χ1v) is 27.0. The van der Waals surface area contributed by atoms with Gasteiger partial charge < -0.3 is 38.1 Å². The summed E-state index contributed by atoms with van der Waals surface area (Å²) in [6, 6.07) is -1.09. The van der Waals surface area contributed by atoms with Crippen molar-refractivity contribution in [3.63, 3.8) is 0 Å². The second-order valence-corrected chi connectivity index (χ2v) is 26.3. The third kappa shape index (κ3) is 12.9. The van der Waals surface area contributed by atoms with Crippen LogP contribution in [-0.2, 0) is 47.3 Å². The van der Waals surface area contributed by atoms with Gasteiger partial charge in [0.15, 0.2) is 8.32 Å². The van der Waals surface area contributed by atoms with Crippen molar-refractivity contribution >= 4 is 43.4 Å². The molecule has 63 heavy (non-hydrogen) atoms. The van der Waals surface area contributed by atoms with Crippen LogP contribution < -0.4 is 0 Å². The Morgan fingerprint density at radius 3 is 2.17 bits per heavy atom. The molecule has 0 radical (unpaired) electrons. The van der Waals surface area contributed by atoms with Gasteiger partial charge >= 0.3 is 5.97 Å². The summed E-state index contributed by atoms with van der Waals surface area (Å²) in [6.45, 7) is 22.7. The van der Waals surface area contributed by atoms with Gasteiger partial charge in [-0.25, -0.2) is 4.79 Å². The number of rotatable bonds is 8. The molecule has 2 saturated heterocycles. The zero-order valence-corrected chi connectivity index (χ0v) is 42.8. The first-order valence-electron chi connectivity index (χ1n) is 23.7. The zero-order chi connectivity index (χ0) is 47.2. The fourth-order valence-corrected chi connectivity index (χ4v) is 11.8. The summed E-state index contributed by atoms with van der Waals surface area (Å²) in [5.74, 6) is -6.69. The number of piperidine rings is 1. The molecule has 3 fully saturated rings. The van der Waals surface area contributed by atoms with E-state index in [0.717, 1.165) is 24.0 Å². The highest BCUT2D eigenvalue weighted by Gasteiger charge is 2.57. The molecule has 3 aliphatic heterocycles. The molecule has 14 atom stereocenters. The summed E-state index contributed by atoms with van der Waals surface area (Å²) >= 11 is 6.64. The van der Waals surface area contributed by atoms with Gasteiger partial charge in [-0.1, -0.05) is 66.2 Å². The van der Waals surface area contributed by atoms with Crippen LogP contribution in [0.25, 0.3) is 0 Å². The van der Waals surface area contributed by atoms with Crippen molar-refractivity contribution in [3.05, 3.63) is 23.3 Å². The number of nitrogens with zero attached hydrogens (tertiary/aromatic N) is 1. The molecule has 2 bridgehead atoms. The molecule has 0 aromatic rings. The van der Waals surface area contributed by atoms with Gasteiger partial charge in [0.05, 0.1) is 29.8 Å². The number of carbonyl (C=O) groups excluding carboxylic acids is 4. The molecule has 360 valence electrons. The van der Waals surface area contributed by atoms with Crippen molar-refractivity contribution < 1.29 is 52.4 Å². The van der Waals surface area contributed by atoms with E-state index in [1.807, 2.05) is 27.7 Å². The van der Waals surface area contributed by atoms with Crippen molar-refractivity contribution in [3.8, 4) is 0 Å². The highest BCUT2D eigenvalue weighted by Crippen LogP contribution is 2.42. The summed E-state index contributed by atoms with van der Waals surface area (Å²) in [5.41, 5.74) is 1.87. The van der Waals surface area contributed by atoms with Gasteiger partial charge in [-0.2, -0.15) is 0 Å². The Morgan fingerprint density at radius 2 is 1.57 bits per heavy atom. The second kappa shape index (κ2) is 22.7. The number of ether oxygens (including phenoxy) is 5. The molecule has 4 aliphatic rings. The van der Waals surface area contributed by atoms with Gasteiger partial charge in [0.2, 0.25) is 5.79 Å². The smallest absolute Gasteiger partial charge is 0.329 e. The number of alkyl halides is 1. The van der Waals surface area contributed by atoms with Crippen molar-refractivity contribution in [2.24, 2.45) is 29.6 Å². The lowest BCUT2D eigenvalue weighted by Crippen LogP contribution is -2.64. The van der Waals surface area contributed by atoms with Gasteiger partial charge in [0.25, 0.3) is 11.7 Å². The Morgan fingerprint density at radius 1 is 0.937 bits per heavy atom. The van der Waals surface area contributed by atoms with Gasteiger partial charge in [0, 0.05) is 52.0 Å². The fourth-order valence-electron chi connectivity index (χ4n) is 10.1. The minimum Gasteiger partial charge on any atom is -0.456 e. The van der Waals surface area contributed by atoms with Crippen molar-refractivity contribution in [1.82, 2.24) is 4.90 Å². The summed E-state index contributed by atoms with van der Waals surface area (Å²) in [7, 11) is 2.28. The first-order chi connectivity index (χ1) is 29.4. The predicted molar refractivity (Wildman–Crippen MR) is 248 cm³/mol. The van der Waals surface area contributed by atoms with Crippen LogP contribution in [0.3, 0.4) is 0 Å². The molecule has 12 nitrogen and oxygen atoms in total. The molecule has 0 spiro atoms. The number of halogens is 1. The van der Waals surface area contributed by atoms with Crippen LogP contribution >= 0.6 is 11.6 Å². The number of ketones is 2. The van der Waals surface area contributed by atoms with E-state index >= 15 is 0 Å². The maximum Gasteiger partial charge on any atom is 0.329 e. The molecule has 1 aliphatic carbocycles. The van der Waals surface area contributed by atoms with Crippen molar-refractivity contribution in [1.29, 1.82) is 0 Å². The maximum absolute atomic E-state index is 14.8. The minimum atomic E-state index is -2.51. The molecule has 14 heteroatoms. The summed E-state index contributed by atoms with van der Waals surface area (Å²) in [6.07, 6.45) is 6.57. The summed E-state index contributed by atoms with van der Waals surface area (Å²) < 4.78 is 37.8. The lowest BCUT2D eigenvalue weighted by Gasteiger charge is -2.47. The summed E-state index contributed by atoms with van der Waals surface area (Å²) in [5, 5.41) is 11.9. The SMILES string of the molecule is CC[C@@H]1/C=C(\C)C[C@H](C)C[C@H](OC)[C@H]2O[C@@](O)(C(=O)C(=O)N3CCCC[C@H]3C(=O)O[C@H](/C(C)=C/C3CC[C@H](Cl)[C@H](OC)C3)[C@@H](C)[C@@H](O[Si](C)(C)C(C)(C)C)CC1=O)[C@H](C)C[C@@H]2OC. The van der Waals surface area contributed by atoms with Crippen LogP contribution in [0.4, 0.5) is 0 Å². The van der Waals surface area contributed by atoms with E-state index in [2.05, 4.69) is 52.9 Å². The number of methoxy groups -OCH3 is 3. The van der Waals surface area contributed by atoms with Gasteiger partial charge in [0.1, 0.15) is 24.0 Å². The molecule has 4 rings (SSSR count). The van der Waals surface area contributed by atoms with Crippen molar-refractivity contribution in [2.45, 2.75) is 205 Å². The molecule has 1 N–H and O–H groups in total. The standard InChI is InChI=1S/C49H82ClNO11Si/c1-15-35-23-29(2)22-30(3)24-41(58-11)44-42(59-12)26-32(5)49(56,61-44)45(53)46(54)51-21-17-16-18-37(51)47(55)60-43(31(4)25-34-19-20-36(50)40(27-34)57-10)33(6)39(28-38(35)52)62-63(13,14)48(7,8)9/h23,25,30,32-37,39-44,56H,15-22,24,26-28H2,1-14H3/b29-23+,31-25+/t30-,32+,33-,34?,35+,36-,37-,39-,40+,41-,42-,43+,44+,49+/m0/s1. The van der Waals surface area contributed by atoms with Crippen LogP contribution in [0.5, 0.6) is 0 Å². The van der Waals surface area contributed by atoms with E-state index in [-0.39, 0.29) is 65.9 Å². The van der Waals surface area contributed by atoms with Crippen LogP contribution in [-0.4, -0.2) is 123 Å². The lowest BCUT2D eigenvalue weighted by molar-refractivity contribution is -0.302. The number of esters is 1. The normalized spacial score (nSPS) is 38.9. The third-order valence-corrected chi connectivity index (χ3v) is 20.1. The lowest BCUT2D eigenvalue weighted by atomic mass is 9.82. The quantitative estimate of drug-likeness (QED) is 0.0820. The van der Waals surface area contributed by atoms with Crippen LogP contribution in [0, 0.1) is 29.6 Å². The number of hydrogen-bond acceptors (Lipinski definition) is 11. The minimum absolute atomic E-state index is 0.0555. The third-order valence-electron chi connectivity index (χ3n) is 15.1. The number of amides is 1. The van der Waals surface area contributed by atoms with Gasteiger partial charge in [-0.05, 0) is 114 Å². The first kappa shape index (κ1) is 53.6. The van der Waals surface area contributed by atoms with E-state index in [1.54, 1.807) is 28.3 Å². The Bertz CT molecular complexity index is 1650. The number of fused-ring (bicyclic) bond motifs is 3. The number of carbonyl (C=O) groups is 4. The van der Waals surface area contributed by atoms with Crippen LogP contribution in [0.15, 0.2) is 23.3 Å². The van der Waals surface area contributed by atoms with Gasteiger partial charge in [-0.3, -0.25) is 14.4 Å². The second-order valence-electron chi connectivity index (χ2n) is 21.0. The van der Waals surface area contributed by atoms with Crippen LogP contribution in [0.2, 0.25) is 18.1 Å². The molecule has 3 heterocycles. The predicted octanol–water partition coefficient (Wildman–Crippen LogP) is 8.75. The molecule has 1 unspecified atom stereocenters. The highest BCUT2D eigenvalue weighted by atomic mass is 35.5. The van der Waals surface area contributed by atoms with E-state index in [1.165, 1.54) is 4.90 Å². The molecule has 0 aromatic heterocycles. The highest BCUT2D eigenvalue weighted by molar-refractivity contribution is 6.74. The zero-order valence-electron chi connectivity index (χ0n) is 41.0. The van der Waals surface area contributed by atoms with E-state index < -0.39 is 80.2 Å². The van der Waals surface area contributed by atoms with E-state index in [4.69, 9.17) is 39.7 Å². The summed E-state index contributed by atoms with van der Waals surface area (Å²) in [4.78, 5) is 59.6. The van der Waals surface area contributed by atoms with Gasteiger partial charge in [-0.15, -0.1) is 11.6 Å². The molecule has 1 amide bonds. The number of aliphatic hydroxyl groups is 1. The number of allylic oxidation sites excluding steroid dienone is 3. The Balaban J connectivity index is 1.88. The average Bonchev–Trinajstić information content (AvgIpc) is 3.23. The molecule has 0 aromatic carbocycles. The fraction of sp³-hybridized carbons (Fsp3) is 0.837. The Labute approximate surface area is 385 Å². The monoisotopic (exact) mass is 924 g/mol. The number of Topliss-reactive ketones (excluding diaryl/α,β-unsaturated/α-hetero) is 2. The van der Waals surface area contributed by atoms with Crippen molar-refractivity contribution in [2.75, 3.05) is 27.9 Å².